The molecule has 0 aliphatic carbocycles. The molecular formula is C21H32N2O4. The average molecular weight is 376 g/mol. The quantitative estimate of drug-likeness (QED) is 0.717. The summed E-state index contributed by atoms with van der Waals surface area (Å²) in [4.78, 5) is 27.5. The summed E-state index contributed by atoms with van der Waals surface area (Å²) >= 11 is 0. The molecule has 1 fully saturated rings. The molecule has 1 heterocycles. The number of carboxylic acid groups (broad SMARTS) is 1. The van der Waals surface area contributed by atoms with E-state index < -0.39 is 5.97 Å². The number of piperidine rings is 1. The SMILES string of the molecule is CCN(CC(=O)O)C1CCN(C(=O)c2ccc(OCCC(C)C)cc2)CC1. The summed E-state index contributed by atoms with van der Waals surface area (Å²) in [7, 11) is 0. The van der Waals surface area contributed by atoms with Gasteiger partial charge in [-0.25, -0.2) is 0 Å². The normalized spacial score (nSPS) is 15.4. The molecule has 1 aliphatic rings. The molecule has 1 aromatic rings. The Kier molecular flexibility index (Phi) is 8.10. The summed E-state index contributed by atoms with van der Waals surface area (Å²) in [6.07, 6.45) is 2.62. The number of benzene rings is 1. The Morgan fingerprint density at radius 3 is 2.37 bits per heavy atom. The van der Waals surface area contributed by atoms with Crippen molar-refractivity contribution < 1.29 is 19.4 Å². The van der Waals surface area contributed by atoms with Gasteiger partial charge in [0.15, 0.2) is 0 Å². The number of hydrogen-bond donors (Lipinski definition) is 1. The van der Waals surface area contributed by atoms with E-state index in [1.54, 1.807) is 0 Å². The molecule has 0 atom stereocenters. The number of aliphatic carboxylic acids is 1. The Balaban J connectivity index is 1.85. The lowest BCUT2D eigenvalue weighted by molar-refractivity contribution is -0.139. The van der Waals surface area contributed by atoms with Crippen LogP contribution in [0.2, 0.25) is 0 Å². The zero-order chi connectivity index (χ0) is 19.8. The monoisotopic (exact) mass is 376 g/mol. The van der Waals surface area contributed by atoms with Crippen molar-refractivity contribution in [2.45, 2.75) is 46.1 Å². The van der Waals surface area contributed by atoms with Crippen LogP contribution in [-0.2, 0) is 4.79 Å². The van der Waals surface area contributed by atoms with Crippen molar-refractivity contribution in [2.75, 3.05) is 32.8 Å². The molecule has 6 nitrogen and oxygen atoms in total. The summed E-state index contributed by atoms with van der Waals surface area (Å²) < 4.78 is 5.70. The zero-order valence-electron chi connectivity index (χ0n) is 16.7. The van der Waals surface area contributed by atoms with Crippen LogP contribution in [-0.4, -0.2) is 65.6 Å². The molecule has 0 aromatic heterocycles. The van der Waals surface area contributed by atoms with Gasteiger partial charge in [-0.3, -0.25) is 14.5 Å². The van der Waals surface area contributed by atoms with Crippen LogP contribution in [0.25, 0.3) is 0 Å². The summed E-state index contributed by atoms with van der Waals surface area (Å²) in [5.74, 6) is 0.626. The molecule has 0 unspecified atom stereocenters. The van der Waals surface area contributed by atoms with E-state index in [9.17, 15) is 9.59 Å². The highest BCUT2D eigenvalue weighted by Crippen LogP contribution is 2.20. The Hall–Kier alpha value is -2.08. The van der Waals surface area contributed by atoms with Crippen molar-refractivity contribution in [1.29, 1.82) is 0 Å². The van der Waals surface area contributed by atoms with Crippen molar-refractivity contribution in [3.8, 4) is 5.75 Å². The molecule has 0 saturated carbocycles. The number of carbonyl (C=O) groups excluding carboxylic acids is 1. The van der Waals surface area contributed by atoms with Crippen molar-refractivity contribution in [2.24, 2.45) is 5.92 Å². The number of carbonyl (C=O) groups is 2. The first-order chi connectivity index (χ1) is 12.9. The third-order valence-corrected chi connectivity index (χ3v) is 5.08. The minimum Gasteiger partial charge on any atom is -0.494 e. The summed E-state index contributed by atoms with van der Waals surface area (Å²) in [6.45, 7) is 9.08. The standard InChI is InChI=1S/C21H32N2O4/c1-4-22(15-20(24)25)18-9-12-23(13-10-18)21(26)17-5-7-19(8-6-17)27-14-11-16(2)3/h5-8,16,18H,4,9-15H2,1-3H3,(H,24,25). The third kappa shape index (κ3) is 6.54. The highest BCUT2D eigenvalue weighted by molar-refractivity contribution is 5.94. The molecule has 2 rings (SSSR count). The molecule has 150 valence electrons. The third-order valence-electron chi connectivity index (χ3n) is 5.08. The van der Waals surface area contributed by atoms with Gasteiger partial charge in [0.1, 0.15) is 5.75 Å². The van der Waals surface area contributed by atoms with E-state index >= 15 is 0 Å². The number of ether oxygens (including phenoxy) is 1. The lowest BCUT2D eigenvalue weighted by atomic mass is 10.0. The van der Waals surface area contributed by atoms with E-state index in [0.29, 0.717) is 37.7 Å². The van der Waals surface area contributed by atoms with E-state index in [4.69, 9.17) is 9.84 Å². The summed E-state index contributed by atoms with van der Waals surface area (Å²) in [6, 6.07) is 7.58. The molecule has 1 amide bonds. The molecule has 0 spiro atoms. The van der Waals surface area contributed by atoms with Crippen LogP contribution in [0.3, 0.4) is 0 Å². The van der Waals surface area contributed by atoms with Crippen LogP contribution < -0.4 is 4.74 Å². The van der Waals surface area contributed by atoms with E-state index in [2.05, 4.69) is 13.8 Å². The van der Waals surface area contributed by atoms with Gasteiger partial charge < -0.3 is 14.7 Å². The number of hydrogen-bond acceptors (Lipinski definition) is 4. The highest BCUT2D eigenvalue weighted by Gasteiger charge is 2.27. The van der Waals surface area contributed by atoms with Crippen LogP contribution in [0.1, 0.15) is 50.4 Å². The Morgan fingerprint density at radius 2 is 1.85 bits per heavy atom. The van der Waals surface area contributed by atoms with Crippen LogP contribution in [0.15, 0.2) is 24.3 Å². The first kappa shape index (κ1) is 21.2. The van der Waals surface area contributed by atoms with Gasteiger partial charge >= 0.3 is 5.97 Å². The maximum absolute atomic E-state index is 12.7. The Labute approximate surface area is 162 Å². The van der Waals surface area contributed by atoms with Crippen LogP contribution >= 0.6 is 0 Å². The van der Waals surface area contributed by atoms with Crippen molar-refractivity contribution in [3.05, 3.63) is 29.8 Å². The molecule has 0 radical (unpaired) electrons. The van der Waals surface area contributed by atoms with Gasteiger partial charge in [-0.2, -0.15) is 0 Å². The second-order valence-corrected chi connectivity index (χ2v) is 7.54. The number of likely N-dealkylation sites (tertiary alicyclic amines) is 1. The average Bonchev–Trinajstić information content (AvgIpc) is 2.66. The first-order valence-corrected chi connectivity index (χ1v) is 9.88. The fraction of sp³-hybridized carbons (Fsp3) is 0.619. The van der Waals surface area contributed by atoms with Crippen LogP contribution in [0.5, 0.6) is 5.75 Å². The Bertz CT molecular complexity index is 607. The Morgan fingerprint density at radius 1 is 1.22 bits per heavy atom. The number of rotatable bonds is 9. The summed E-state index contributed by atoms with van der Waals surface area (Å²) in [5, 5.41) is 9.02. The lowest BCUT2D eigenvalue weighted by Gasteiger charge is -2.37. The first-order valence-electron chi connectivity index (χ1n) is 9.88. The number of amides is 1. The van der Waals surface area contributed by atoms with Crippen LogP contribution in [0.4, 0.5) is 0 Å². The highest BCUT2D eigenvalue weighted by atomic mass is 16.5. The smallest absolute Gasteiger partial charge is 0.317 e. The van der Waals surface area contributed by atoms with Gasteiger partial charge in [0.2, 0.25) is 0 Å². The number of likely N-dealkylation sites (N-methyl/N-ethyl adjacent to an activating group) is 1. The summed E-state index contributed by atoms with van der Waals surface area (Å²) in [5.41, 5.74) is 0.669. The van der Waals surface area contributed by atoms with Crippen LogP contribution in [0, 0.1) is 5.92 Å². The number of nitrogens with zero attached hydrogens (tertiary/aromatic N) is 2. The second kappa shape index (κ2) is 10.3. The predicted molar refractivity (Wildman–Crippen MR) is 105 cm³/mol. The van der Waals surface area contributed by atoms with Crippen molar-refractivity contribution >= 4 is 11.9 Å². The lowest BCUT2D eigenvalue weighted by Crippen LogP contribution is -2.48. The van der Waals surface area contributed by atoms with Gasteiger partial charge in [-0.05, 0) is 56.0 Å². The molecule has 1 aromatic carbocycles. The zero-order valence-corrected chi connectivity index (χ0v) is 16.7. The molecule has 1 saturated heterocycles. The van der Waals surface area contributed by atoms with Gasteiger partial charge in [0.05, 0.1) is 13.2 Å². The molecular weight excluding hydrogens is 344 g/mol. The maximum Gasteiger partial charge on any atom is 0.317 e. The molecule has 1 aliphatic heterocycles. The molecule has 0 bridgehead atoms. The largest absolute Gasteiger partial charge is 0.494 e. The van der Waals surface area contributed by atoms with Gasteiger partial charge in [-0.15, -0.1) is 0 Å². The van der Waals surface area contributed by atoms with E-state index in [0.717, 1.165) is 25.0 Å². The van der Waals surface area contributed by atoms with Crippen molar-refractivity contribution in [1.82, 2.24) is 9.80 Å². The van der Waals surface area contributed by atoms with E-state index in [-0.39, 0.29) is 18.5 Å². The minimum absolute atomic E-state index is 0.0310. The molecule has 27 heavy (non-hydrogen) atoms. The molecule has 6 heteroatoms. The topological polar surface area (TPSA) is 70.1 Å². The predicted octanol–water partition coefficient (Wildman–Crippen LogP) is 3.12. The van der Waals surface area contributed by atoms with Gasteiger partial charge in [0, 0.05) is 24.7 Å². The molecule has 1 N–H and O–H groups in total. The van der Waals surface area contributed by atoms with Gasteiger partial charge in [0.25, 0.3) is 5.91 Å². The van der Waals surface area contributed by atoms with Gasteiger partial charge in [-0.1, -0.05) is 20.8 Å². The minimum atomic E-state index is -0.800. The number of carboxylic acids is 1. The maximum atomic E-state index is 12.7. The fourth-order valence-electron chi connectivity index (χ4n) is 3.40. The van der Waals surface area contributed by atoms with E-state index in [1.807, 2.05) is 41.0 Å². The van der Waals surface area contributed by atoms with E-state index in [1.165, 1.54) is 0 Å². The van der Waals surface area contributed by atoms with Crippen molar-refractivity contribution in [3.63, 3.8) is 0 Å². The second-order valence-electron chi connectivity index (χ2n) is 7.54. The fourth-order valence-corrected chi connectivity index (χ4v) is 3.40.